The van der Waals surface area contributed by atoms with Gasteiger partial charge in [-0.3, -0.25) is 0 Å². The molecule has 1 heterocycles. The summed E-state index contributed by atoms with van der Waals surface area (Å²) in [5.74, 6) is 0.328. The highest BCUT2D eigenvalue weighted by molar-refractivity contribution is 5.31. The quantitative estimate of drug-likeness (QED) is 0.549. The molecular formula is C15H22N4O3. The first-order chi connectivity index (χ1) is 10.6. The zero-order chi connectivity index (χ0) is 15.9. The van der Waals surface area contributed by atoms with E-state index in [0.717, 1.165) is 30.9 Å². The van der Waals surface area contributed by atoms with E-state index in [9.17, 15) is 5.11 Å². The van der Waals surface area contributed by atoms with Crippen LogP contribution in [0.25, 0.3) is 5.69 Å². The largest absolute Gasteiger partial charge is 0.539 e. The Morgan fingerprint density at radius 2 is 2.05 bits per heavy atom. The SMILES string of the molecule is COc1ccc(-[n+]2noc([O-])c2CNCCCN(C)C)cc1. The van der Waals surface area contributed by atoms with Crippen LogP contribution in [0.2, 0.25) is 0 Å². The Morgan fingerprint density at radius 1 is 1.32 bits per heavy atom. The normalized spacial score (nSPS) is 11.1. The van der Waals surface area contributed by atoms with E-state index in [1.807, 2.05) is 38.4 Å². The van der Waals surface area contributed by atoms with Gasteiger partial charge in [-0.15, -0.1) is 0 Å². The molecule has 0 fully saturated rings. The topological polar surface area (TPSA) is 77.5 Å². The Balaban J connectivity index is 2.00. The number of nitrogens with zero attached hydrogens (tertiary/aromatic N) is 3. The van der Waals surface area contributed by atoms with Gasteiger partial charge in [-0.1, -0.05) is 0 Å². The molecule has 0 unspecified atom stereocenters. The fourth-order valence-electron chi connectivity index (χ4n) is 2.07. The Labute approximate surface area is 130 Å². The van der Waals surface area contributed by atoms with Crippen molar-refractivity contribution in [3.05, 3.63) is 30.0 Å². The van der Waals surface area contributed by atoms with E-state index in [4.69, 9.17) is 9.26 Å². The highest BCUT2D eigenvalue weighted by Gasteiger charge is 2.19. The molecule has 1 N–H and O–H groups in total. The molecule has 0 aliphatic carbocycles. The Bertz CT molecular complexity index is 581. The second kappa shape index (κ2) is 7.77. The lowest BCUT2D eigenvalue weighted by Crippen LogP contribution is -2.39. The molecule has 0 spiro atoms. The van der Waals surface area contributed by atoms with Gasteiger partial charge < -0.3 is 24.6 Å². The van der Waals surface area contributed by atoms with E-state index in [-0.39, 0.29) is 0 Å². The van der Waals surface area contributed by atoms with Gasteiger partial charge in [0.05, 0.1) is 18.9 Å². The Kier molecular flexibility index (Phi) is 5.74. The van der Waals surface area contributed by atoms with Gasteiger partial charge in [-0.2, -0.15) is 0 Å². The van der Waals surface area contributed by atoms with E-state index in [1.54, 1.807) is 7.11 Å². The summed E-state index contributed by atoms with van der Waals surface area (Å²) in [4.78, 5) is 2.12. The summed E-state index contributed by atoms with van der Waals surface area (Å²) < 4.78 is 11.4. The fraction of sp³-hybridized carbons (Fsp3) is 0.467. The van der Waals surface area contributed by atoms with E-state index in [2.05, 4.69) is 15.5 Å². The fourth-order valence-corrected chi connectivity index (χ4v) is 2.07. The summed E-state index contributed by atoms with van der Waals surface area (Å²) in [5.41, 5.74) is 1.24. The van der Waals surface area contributed by atoms with Crippen molar-refractivity contribution in [2.75, 3.05) is 34.3 Å². The summed E-state index contributed by atoms with van der Waals surface area (Å²) in [6.45, 7) is 2.24. The number of ether oxygens (including phenoxy) is 1. The van der Waals surface area contributed by atoms with Crippen molar-refractivity contribution in [2.45, 2.75) is 13.0 Å². The van der Waals surface area contributed by atoms with Crippen LogP contribution in [0.4, 0.5) is 0 Å². The van der Waals surface area contributed by atoms with Crippen LogP contribution in [0.5, 0.6) is 11.7 Å². The van der Waals surface area contributed by atoms with Crippen molar-refractivity contribution in [1.29, 1.82) is 0 Å². The number of methoxy groups -OCH3 is 1. The number of nitrogens with one attached hydrogen (secondary N) is 1. The van der Waals surface area contributed by atoms with Crippen molar-refractivity contribution >= 4 is 0 Å². The van der Waals surface area contributed by atoms with Crippen LogP contribution in [0.15, 0.2) is 28.8 Å². The first-order valence-corrected chi connectivity index (χ1v) is 7.19. The minimum atomic E-state index is -0.420. The van der Waals surface area contributed by atoms with E-state index < -0.39 is 5.95 Å². The van der Waals surface area contributed by atoms with Crippen LogP contribution in [0.3, 0.4) is 0 Å². The zero-order valence-corrected chi connectivity index (χ0v) is 13.2. The minimum Gasteiger partial charge on any atom is -0.539 e. The summed E-state index contributed by atoms with van der Waals surface area (Å²) >= 11 is 0. The summed E-state index contributed by atoms with van der Waals surface area (Å²) in [7, 11) is 5.68. The zero-order valence-electron chi connectivity index (χ0n) is 13.2. The second-order valence-electron chi connectivity index (χ2n) is 5.25. The monoisotopic (exact) mass is 306 g/mol. The molecule has 0 saturated carbocycles. The predicted molar refractivity (Wildman–Crippen MR) is 78.9 cm³/mol. The molecule has 22 heavy (non-hydrogen) atoms. The molecule has 0 amide bonds. The summed E-state index contributed by atoms with van der Waals surface area (Å²) in [6, 6.07) is 7.29. The van der Waals surface area contributed by atoms with Gasteiger partial charge in [-0.05, 0) is 50.4 Å². The van der Waals surface area contributed by atoms with Crippen molar-refractivity contribution in [3.8, 4) is 17.4 Å². The smallest absolute Gasteiger partial charge is 0.253 e. The van der Waals surface area contributed by atoms with Crippen LogP contribution in [-0.4, -0.2) is 44.5 Å². The maximum atomic E-state index is 11.8. The van der Waals surface area contributed by atoms with E-state index >= 15 is 0 Å². The Hall–Kier alpha value is -2.12. The molecule has 0 radical (unpaired) electrons. The van der Waals surface area contributed by atoms with Gasteiger partial charge >= 0.3 is 0 Å². The molecule has 0 aliphatic heterocycles. The van der Waals surface area contributed by atoms with E-state index in [0.29, 0.717) is 12.2 Å². The van der Waals surface area contributed by atoms with Crippen molar-refractivity contribution in [1.82, 2.24) is 15.5 Å². The van der Waals surface area contributed by atoms with Crippen molar-refractivity contribution in [3.63, 3.8) is 0 Å². The molecular weight excluding hydrogens is 284 g/mol. The number of aromatic nitrogens is 2. The first-order valence-electron chi connectivity index (χ1n) is 7.19. The molecule has 0 aliphatic rings. The lowest BCUT2D eigenvalue weighted by atomic mass is 10.3. The number of hydrogen-bond donors (Lipinski definition) is 1. The van der Waals surface area contributed by atoms with Gasteiger partial charge in [0.2, 0.25) is 5.69 Å². The van der Waals surface area contributed by atoms with Gasteiger partial charge in [0.1, 0.15) is 5.75 Å². The molecule has 120 valence electrons. The predicted octanol–water partition coefficient (Wildman–Crippen LogP) is 0.0748. The standard InChI is InChI=1S/C15H22N4O3/c1-18(2)10-4-9-16-11-14-15(20)22-17-19(14)12-5-7-13(21-3)8-6-12/h5-8,16H,4,9-11H2,1-3H3. The first kappa shape index (κ1) is 16.3. The maximum Gasteiger partial charge on any atom is 0.253 e. The highest BCUT2D eigenvalue weighted by Crippen LogP contribution is 2.14. The average Bonchev–Trinajstić information content (AvgIpc) is 2.88. The molecule has 0 saturated heterocycles. The average molecular weight is 306 g/mol. The molecule has 0 atom stereocenters. The molecule has 7 heteroatoms. The third-order valence-corrected chi connectivity index (χ3v) is 3.26. The number of benzene rings is 1. The van der Waals surface area contributed by atoms with Crippen LogP contribution < -0.4 is 19.8 Å². The van der Waals surface area contributed by atoms with Crippen LogP contribution in [0.1, 0.15) is 12.1 Å². The number of hydrogen-bond acceptors (Lipinski definition) is 6. The van der Waals surface area contributed by atoms with Gasteiger partial charge in [0.15, 0.2) is 5.95 Å². The highest BCUT2D eigenvalue weighted by atomic mass is 16.6. The third kappa shape index (κ3) is 4.19. The molecule has 7 nitrogen and oxygen atoms in total. The van der Waals surface area contributed by atoms with Gasteiger partial charge in [0.25, 0.3) is 5.69 Å². The van der Waals surface area contributed by atoms with Crippen LogP contribution in [0, 0.1) is 0 Å². The summed E-state index contributed by atoms with van der Waals surface area (Å²) in [6.07, 6.45) is 1.01. The Morgan fingerprint density at radius 3 is 2.68 bits per heavy atom. The molecule has 1 aromatic heterocycles. The maximum absolute atomic E-state index is 11.8. The minimum absolute atomic E-state index is 0.418. The lowest BCUT2D eigenvalue weighted by Gasteiger charge is -2.09. The summed E-state index contributed by atoms with van der Waals surface area (Å²) in [5, 5.41) is 18.8. The molecule has 2 rings (SSSR count). The number of rotatable bonds is 8. The molecule has 0 bridgehead atoms. The van der Waals surface area contributed by atoms with Crippen molar-refractivity contribution < 1.29 is 19.0 Å². The molecule has 1 aromatic carbocycles. The van der Waals surface area contributed by atoms with Gasteiger partial charge in [0, 0.05) is 12.1 Å². The van der Waals surface area contributed by atoms with Crippen LogP contribution >= 0.6 is 0 Å². The van der Waals surface area contributed by atoms with Crippen molar-refractivity contribution in [2.24, 2.45) is 0 Å². The van der Waals surface area contributed by atoms with Crippen LogP contribution in [-0.2, 0) is 6.54 Å². The van der Waals surface area contributed by atoms with Gasteiger partial charge in [-0.25, -0.2) is 0 Å². The third-order valence-electron chi connectivity index (χ3n) is 3.26. The lowest BCUT2D eigenvalue weighted by molar-refractivity contribution is -0.677. The van der Waals surface area contributed by atoms with E-state index in [1.165, 1.54) is 4.68 Å². The second-order valence-corrected chi connectivity index (χ2v) is 5.25. The molecule has 2 aromatic rings.